The molecule has 0 amide bonds. The fraction of sp³-hybridized carbons (Fsp3) is 0.500. The van der Waals surface area contributed by atoms with Crippen LogP contribution >= 0.6 is 0 Å². The Morgan fingerprint density at radius 2 is 1.83 bits per heavy atom. The van der Waals surface area contributed by atoms with Gasteiger partial charge in [-0.25, -0.2) is 4.39 Å². The van der Waals surface area contributed by atoms with Gasteiger partial charge in [-0.05, 0) is 31.2 Å². The van der Waals surface area contributed by atoms with Crippen molar-refractivity contribution in [2.45, 2.75) is 19.4 Å². The van der Waals surface area contributed by atoms with Crippen molar-refractivity contribution in [1.82, 2.24) is 4.90 Å². The Kier molecular flexibility index (Phi) is 4.16. The van der Waals surface area contributed by atoms with Crippen LogP contribution in [0.15, 0.2) is 24.3 Å². The molecule has 0 radical (unpaired) electrons. The normalized spacial score (nSPS) is 18.4. The minimum atomic E-state index is -0.194. The van der Waals surface area contributed by atoms with Crippen LogP contribution in [0.4, 0.5) is 10.1 Å². The number of hydrogen-bond acceptors (Lipinski definition) is 3. The first-order valence-electron chi connectivity index (χ1n) is 6.32. The van der Waals surface area contributed by atoms with Crippen LogP contribution in [0.1, 0.15) is 13.3 Å². The van der Waals surface area contributed by atoms with E-state index in [1.807, 2.05) is 12.1 Å². The Morgan fingerprint density at radius 1 is 1.22 bits per heavy atom. The fourth-order valence-electron chi connectivity index (χ4n) is 2.33. The van der Waals surface area contributed by atoms with Crippen LogP contribution in [-0.2, 0) is 0 Å². The van der Waals surface area contributed by atoms with Gasteiger partial charge in [-0.3, -0.25) is 4.90 Å². The number of nitrogens with zero attached hydrogens (tertiary/aromatic N) is 3. The van der Waals surface area contributed by atoms with E-state index in [0.29, 0.717) is 12.5 Å². The van der Waals surface area contributed by atoms with Gasteiger partial charge in [-0.15, -0.1) is 0 Å². The molecule has 0 N–H and O–H groups in total. The lowest BCUT2D eigenvalue weighted by molar-refractivity contribution is 0.199. The summed E-state index contributed by atoms with van der Waals surface area (Å²) < 4.78 is 12.8. The molecule has 1 saturated heterocycles. The molecule has 1 heterocycles. The monoisotopic (exact) mass is 247 g/mol. The van der Waals surface area contributed by atoms with Crippen LogP contribution in [0.5, 0.6) is 0 Å². The third-order valence-corrected chi connectivity index (χ3v) is 3.52. The molecule has 1 aliphatic rings. The quantitative estimate of drug-likeness (QED) is 0.820. The highest BCUT2D eigenvalue weighted by Crippen LogP contribution is 2.18. The zero-order chi connectivity index (χ0) is 13.0. The number of halogens is 1. The molecule has 1 aromatic carbocycles. The fourth-order valence-corrected chi connectivity index (χ4v) is 2.33. The maximum absolute atomic E-state index is 12.8. The van der Waals surface area contributed by atoms with E-state index in [1.54, 1.807) is 0 Å². The first-order valence-corrected chi connectivity index (χ1v) is 6.32. The smallest absolute Gasteiger partial charge is 0.123 e. The minimum absolute atomic E-state index is 0.194. The maximum Gasteiger partial charge on any atom is 0.123 e. The van der Waals surface area contributed by atoms with E-state index in [9.17, 15) is 4.39 Å². The van der Waals surface area contributed by atoms with Crippen LogP contribution in [0.2, 0.25) is 0 Å². The van der Waals surface area contributed by atoms with E-state index in [4.69, 9.17) is 5.26 Å². The number of benzene rings is 1. The molecule has 0 aliphatic carbocycles. The molecular formula is C14H18FN3. The predicted octanol–water partition coefficient (Wildman–Crippen LogP) is 2.25. The topological polar surface area (TPSA) is 30.3 Å². The molecule has 1 aliphatic heterocycles. The summed E-state index contributed by atoms with van der Waals surface area (Å²) in [5, 5.41) is 8.70. The molecule has 1 aromatic rings. The standard InChI is InChI=1S/C14H18FN3/c1-12(6-7-16)17-8-10-18(11-9-17)14-4-2-13(15)3-5-14/h2-5,12H,6,8-11H2,1H3. The van der Waals surface area contributed by atoms with Crippen LogP contribution < -0.4 is 4.90 Å². The van der Waals surface area contributed by atoms with Crippen molar-refractivity contribution in [3.63, 3.8) is 0 Å². The second kappa shape index (κ2) is 5.83. The van der Waals surface area contributed by atoms with Crippen molar-refractivity contribution in [1.29, 1.82) is 5.26 Å². The summed E-state index contributed by atoms with van der Waals surface area (Å²) in [4.78, 5) is 4.60. The molecule has 0 bridgehead atoms. The molecule has 0 saturated carbocycles. The lowest BCUT2D eigenvalue weighted by Crippen LogP contribution is -2.49. The Bertz CT molecular complexity index is 416. The highest BCUT2D eigenvalue weighted by atomic mass is 19.1. The van der Waals surface area contributed by atoms with Crippen LogP contribution in [-0.4, -0.2) is 37.1 Å². The number of hydrogen-bond donors (Lipinski definition) is 0. The summed E-state index contributed by atoms with van der Waals surface area (Å²) in [6.07, 6.45) is 0.580. The van der Waals surface area contributed by atoms with E-state index in [1.165, 1.54) is 12.1 Å². The first-order chi connectivity index (χ1) is 8.70. The maximum atomic E-state index is 12.8. The van der Waals surface area contributed by atoms with Crippen molar-refractivity contribution in [2.75, 3.05) is 31.1 Å². The third-order valence-electron chi connectivity index (χ3n) is 3.52. The number of rotatable bonds is 3. The van der Waals surface area contributed by atoms with Gasteiger partial charge in [0, 0.05) is 37.9 Å². The number of nitriles is 1. The molecule has 3 nitrogen and oxygen atoms in total. The highest BCUT2D eigenvalue weighted by molar-refractivity contribution is 5.46. The summed E-state index contributed by atoms with van der Waals surface area (Å²) >= 11 is 0. The molecular weight excluding hydrogens is 229 g/mol. The van der Waals surface area contributed by atoms with Crippen molar-refractivity contribution >= 4 is 5.69 Å². The van der Waals surface area contributed by atoms with E-state index >= 15 is 0 Å². The summed E-state index contributed by atoms with van der Waals surface area (Å²) in [6, 6.07) is 9.19. The zero-order valence-electron chi connectivity index (χ0n) is 10.6. The van der Waals surface area contributed by atoms with Crippen molar-refractivity contribution < 1.29 is 4.39 Å². The average molecular weight is 247 g/mol. The van der Waals surface area contributed by atoms with Gasteiger partial charge in [0.15, 0.2) is 0 Å². The summed E-state index contributed by atoms with van der Waals surface area (Å²) in [5.74, 6) is -0.194. The third kappa shape index (κ3) is 2.99. The van der Waals surface area contributed by atoms with Crippen molar-refractivity contribution in [3.8, 4) is 6.07 Å². The summed E-state index contributed by atoms with van der Waals surface area (Å²) in [5.41, 5.74) is 1.07. The number of piperazine rings is 1. The molecule has 0 aromatic heterocycles. The second-order valence-corrected chi connectivity index (χ2v) is 4.71. The lowest BCUT2D eigenvalue weighted by Gasteiger charge is -2.38. The van der Waals surface area contributed by atoms with Gasteiger partial charge in [0.1, 0.15) is 5.82 Å². The molecule has 18 heavy (non-hydrogen) atoms. The SMILES string of the molecule is CC(CC#N)N1CCN(c2ccc(F)cc2)CC1. The highest BCUT2D eigenvalue weighted by Gasteiger charge is 2.20. The minimum Gasteiger partial charge on any atom is -0.369 e. The second-order valence-electron chi connectivity index (χ2n) is 4.71. The van der Waals surface area contributed by atoms with Gasteiger partial charge in [-0.2, -0.15) is 5.26 Å². The van der Waals surface area contributed by atoms with Gasteiger partial charge in [0.25, 0.3) is 0 Å². The van der Waals surface area contributed by atoms with Gasteiger partial charge in [-0.1, -0.05) is 0 Å². The molecule has 96 valence electrons. The predicted molar refractivity (Wildman–Crippen MR) is 69.9 cm³/mol. The molecule has 1 atom stereocenters. The molecule has 0 spiro atoms. The van der Waals surface area contributed by atoms with Crippen LogP contribution in [0, 0.1) is 17.1 Å². The molecule has 2 rings (SSSR count). The van der Waals surface area contributed by atoms with Gasteiger partial charge < -0.3 is 4.90 Å². The average Bonchev–Trinajstić information content (AvgIpc) is 2.40. The summed E-state index contributed by atoms with van der Waals surface area (Å²) in [6.45, 7) is 5.88. The number of anilines is 1. The summed E-state index contributed by atoms with van der Waals surface area (Å²) in [7, 11) is 0. The van der Waals surface area contributed by atoms with Gasteiger partial charge in [0.2, 0.25) is 0 Å². The van der Waals surface area contributed by atoms with E-state index < -0.39 is 0 Å². The van der Waals surface area contributed by atoms with Gasteiger partial charge >= 0.3 is 0 Å². The van der Waals surface area contributed by atoms with Crippen LogP contribution in [0.25, 0.3) is 0 Å². The molecule has 4 heteroatoms. The lowest BCUT2D eigenvalue weighted by atomic mass is 10.1. The Morgan fingerprint density at radius 3 is 2.39 bits per heavy atom. The van der Waals surface area contributed by atoms with Gasteiger partial charge in [0.05, 0.1) is 12.5 Å². The van der Waals surface area contributed by atoms with E-state index in [-0.39, 0.29) is 5.82 Å². The Labute approximate surface area is 107 Å². The Balaban J connectivity index is 1.90. The van der Waals surface area contributed by atoms with Crippen LogP contribution in [0.3, 0.4) is 0 Å². The Hall–Kier alpha value is -1.60. The zero-order valence-corrected chi connectivity index (χ0v) is 10.6. The van der Waals surface area contributed by atoms with E-state index in [0.717, 1.165) is 31.9 Å². The first kappa shape index (κ1) is 12.8. The van der Waals surface area contributed by atoms with Crippen molar-refractivity contribution in [3.05, 3.63) is 30.1 Å². The van der Waals surface area contributed by atoms with Crippen molar-refractivity contribution in [2.24, 2.45) is 0 Å². The molecule has 1 fully saturated rings. The largest absolute Gasteiger partial charge is 0.369 e. The molecule has 1 unspecified atom stereocenters. The van der Waals surface area contributed by atoms with E-state index in [2.05, 4.69) is 22.8 Å².